The monoisotopic (exact) mass is 351 g/mol. The van der Waals surface area contributed by atoms with Crippen LogP contribution in [0.2, 0.25) is 0 Å². The number of hydrogen-bond donors (Lipinski definition) is 1. The lowest BCUT2D eigenvalue weighted by Crippen LogP contribution is -2.36. The van der Waals surface area contributed by atoms with E-state index in [1.165, 1.54) is 11.3 Å². The Bertz CT molecular complexity index is 943. The van der Waals surface area contributed by atoms with Gasteiger partial charge in [-0.2, -0.15) is 0 Å². The molecule has 0 radical (unpaired) electrons. The number of benzene rings is 1. The third-order valence-electron chi connectivity index (χ3n) is 5.16. The predicted octanol–water partition coefficient (Wildman–Crippen LogP) is 3.26. The first-order chi connectivity index (χ1) is 12.8. The fourth-order valence-corrected chi connectivity index (χ4v) is 3.91. The molecule has 0 unspecified atom stereocenters. The third-order valence-corrected chi connectivity index (χ3v) is 5.16. The van der Waals surface area contributed by atoms with E-state index >= 15 is 0 Å². The van der Waals surface area contributed by atoms with Gasteiger partial charge in [-0.1, -0.05) is 0 Å². The summed E-state index contributed by atoms with van der Waals surface area (Å²) in [7, 11) is 0. The zero-order valence-electron chi connectivity index (χ0n) is 14.7. The van der Waals surface area contributed by atoms with Gasteiger partial charge in [0.25, 0.3) is 0 Å². The van der Waals surface area contributed by atoms with Crippen molar-refractivity contribution in [3.63, 3.8) is 0 Å². The standard InChI is InChI=1S/C20H21N3O3/c1-2-24-14-5-3-13(4-6-14)19-21-12-17-18(23-19)15-11-20(25-9-10-26-20)8-7-16(15)22-17/h3-6,12,22H,2,7-11H2,1H3. The maximum Gasteiger partial charge on any atom is 0.173 e. The van der Waals surface area contributed by atoms with Gasteiger partial charge < -0.3 is 19.2 Å². The molecule has 1 fully saturated rings. The Labute approximate surface area is 151 Å². The van der Waals surface area contributed by atoms with Gasteiger partial charge in [-0.15, -0.1) is 0 Å². The van der Waals surface area contributed by atoms with E-state index in [0.29, 0.717) is 19.8 Å². The molecule has 1 aliphatic heterocycles. The fraction of sp³-hybridized carbons (Fsp3) is 0.400. The number of aromatic amines is 1. The molecule has 26 heavy (non-hydrogen) atoms. The van der Waals surface area contributed by atoms with Crippen molar-refractivity contribution in [3.05, 3.63) is 41.7 Å². The van der Waals surface area contributed by atoms with Crippen LogP contribution in [0, 0.1) is 0 Å². The fourth-order valence-electron chi connectivity index (χ4n) is 3.91. The van der Waals surface area contributed by atoms with Gasteiger partial charge in [0.2, 0.25) is 0 Å². The van der Waals surface area contributed by atoms with Crippen LogP contribution in [0.3, 0.4) is 0 Å². The largest absolute Gasteiger partial charge is 0.494 e. The number of nitrogens with one attached hydrogen (secondary N) is 1. The van der Waals surface area contributed by atoms with E-state index in [9.17, 15) is 0 Å². The van der Waals surface area contributed by atoms with Crippen LogP contribution in [0.4, 0.5) is 0 Å². The van der Waals surface area contributed by atoms with Crippen LogP contribution in [0.1, 0.15) is 24.6 Å². The average Bonchev–Trinajstić information content (AvgIpc) is 3.27. The zero-order chi connectivity index (χ0) is 17.6. The summed E-state index contributed by atoms with van der Waals surface area (Å²) in [5, 5.41) is 0. The molecular formula is C20H21N3O3. The van der Waals surface area contributed by atoms with Crippen LogP contribution in [-0.2, 0) is 22.3 Å². The lowest BCUT2D eigenvalue weighted by atomic mass is 9.91. The topological polar surface area (TPSA) is 69.3 Å². The minimum Gasteiger partial charge on any atom is -0.494 e. The van der Waals surface area contributed by atoms with E-state index in [-0.39, 0.29) is 0 Å². The molecule has 0 saturated carbocycles. The summed E-state index contributed by atoms with van der Waals surface area (Å²) >= 11 is 0. The van der Waals surface area contributed by atoms with Crippen molar-refractivity contribution < 1.29 is 14.2 Å². The van der Waals surface area contributed by atoms with E-state index in [1.807, 2.05) is 37.4 Å². The molecule has 2 aromatic heterocycles. The number of hydrogen-bond acceptors (Lipinski definition) is 5. The summed E-state index contributed by atoms with van der Waals surface area (Å²) in [6.45, 7) is 3.97. The van der Waals surface area contributed by atoms with E-state index in [4.69, 9.17) is 19.2 Å². The molecule has 3 heterocycles. The van der Waals surface area contributed by atoms with E-state index < -0.39 is 5.79 Å². The highest BCUT2D eigenvalue weighted by molar-refractivity contribution is 5.82. The molecule has 0 amide bonds. The molecule has 1 aromatic carbocycles. The Hall–Kier alpha value is -2.44. The lowest BCUT2D eigenvalue weighted by Gasteiger charge is -2.31. The first-order valence-electron chi connectivity index (χ1n) is 9.14. The first kappa shape index (κ1) is 15.8. The molecule has 0 bridgehead atoms. The van der Waals surface area contributed by atoms with Gasteiger partial charge in [0.15, 0.2) is 11.6 Å². The maximum atomic E-state index is 5.91. The van der Waals surface area contributed by atoms with Gasteiger partial charge in [0.1, 0.15) is 5.75 Å². The van der Waals surface area contributed by atoms with Crippen molar-refractivity contribution in [3.8, 4) is 17.1 Å². The minimum absolute atomic E-state index is 0.466. The average molecular weight is 351 g/mol. The van der Waals surface area contributed by atoms with Crippen molar-refractivity contribution in [2.24, 2.45) is 0 Å². The number of aryl methyl sites for hydroxylation is 1. The van der Waals surface area contributed by atoms with Crippen molar-refractivity contribution in [2.75, 3.05) is 19.8 Å². The Morgan fingerprint density at radius 2 is 2.00 bits per heavy atom. The summed E-state index contributed by atoms with van der Waals surface area (Å²) in [4.78, 5) is 12.9. The molecule has 1 aliphatic carbocycles. The Morgan fingerprint density at radius 1 is 1.19 bits per heavy atom. The van der Waals surface area contributed by atoms with Crippen molar-refractivity contribution in [1.29, 1.82) is 0 Å². The van der Waals surface area contributed by atoms with E-state index in [2.05, 4.69) is 9.97 Å². The number of rotatable bonds is 3. The maximum absolute atomic E-state index is 5.91. The van der Waals surface area contributed by atoms with Crippen LogP contribution >= 0.6 is 0 Å². The summed E-state index contributed by atoms with van der Waals surface area (Å²) < 4.78 is 17.3. The normalized spacial score (nSPS) is 18.3. The Balaban J connectivity index is 1.53. The minimum atomic E-state index is -0.466. The van der Waals surface area contributed by atoms with Crippen LogP contribution in [0.15, 0.2) is 30.5 Å². The van der Waals surface area contributed by atoms with Gasteiger partial charge >= 0.3 is 0 Å². The predicted molar refractivity (Wildman–Crippen MR) is 97.2 cm³/mol. The molecule has 1 saturated heterocycles. The third kappa shape index (κ3) is 2.57. The van der Waals surface area contributed by atoms with Crippen molar-refractivity contribution in [1.82, 2.24) is 15.0 Å². The van der Waals surface area contributed by atoms with Crippen molar-refractivity contribution in [2.45, 2.75) is 32.0 Å². The molecule has 2 aliphatic rings. The second kappa shape index (κ2) is 6.07. The number of ether oxygens (including phenoxy) is 3. The molecular weight excluding hydrogens is 330 g/mol. The number of aromatic nitrogens is 3. The second-order valence-corrected chi connectivity index (χ2v) is 6.78. The Kier molecular flexibility index (Phi) is 3.69. The zero-order valence-corrected chi connectivity index (χ0v) is 14.7. The SMILES string of the molecule is CCOc1ccc(-c2ncc3[nH]c4c(c3n2)CC2(CC4)OCCO2)cc1. The second-order valence-electron chi connectivity index (χ2n) is 6.78. The highest BCUT2D eigenvalue weighted by atomic mass is 16.7. The van der Waals surface area contributed by atoms with E-state index in [1.54, 1.807) is 0 Å². The summed E-state index contributed by atoms with van der Waals surface area (Å²) in [5.41, 5.74) is 5.34. The molecule has 5 rings (SSSR count). The first-order valence-corrected chi connectivity index (χ1v) is 9.14. The highest BCUT2D eigenvalue weighted by Crippen LogP contribution is 2.38. The summed E-state index contributed by atoms with van der Waals surface area (Å²) in [6, 6.07) is 7.90. The Morgan fingerprint density at radius 3 is 2.77 bits per heavy atom. The molecule has 6 nitrogen and oxygen atoms in total. The van der Waals surface area contributed by atoms with Gasteiger partial charge in [-0.25, -0.2) is 9.97 Å². The smallest absolute Gasteiger partial charge is 0.173 e. The van der Waals surface area contributed by atoms with Gasteiger partial charge in [0.05, 0.1) is 37.1 Å². The van der Waals surface area contributed by atoms with Gasteiger partial charge in [-0.05, 0) is 37.6 Å². The van der Waals surface area contributed by atoms with Crippen LogP contribution in [-0.4, -0.2) is 40.6 Å². The molecule has 3 aromatic rings. The lowest BCUT2D eigenvalue weighted by molar-refractivity contribution is -0.163. The summed E-state index contributed by atoms with van der Waals surface area (Å²) in [6.07, 6.45) is 4.40. The highest BCUT2D eigenvalue weighted by Gasteiger charge is 2.41. The molecule has 1 spiro atoms. The number of nitrogens with zero attached hydrogens (tertiary/aromatic N) is 2. The molecule has 0 atom stereocenters. The van der Waals surface area contributed by atoms with E-state index in [0.717, 1.165) is 47.4 Å². The molecule has 134 valence electrons. The van der Waals surface area contributed by atoms with Crippen LogP contribution in [0.5, 0.6) is 5.75 Å². The molecule has 6 heteroatoms. The molecule has 1 N–H and O–H groups in total. The number of H-pyrrole nitrogens is 1. The van der Waals surface area contributed by atoms with Gasteiger partial charge in [-0.3, -0.25) is 0 Å². The van der Waals surface area contributed by atoms with Crippen LogP contribution in [0.25, 0.3) is 22.4 Å². The number of fused-ring (bicyclic) bond motifs is 3. The van der Waals surface area contributed by atoms with Crippen LogP contribution < -0.4 is 4.74 Å². The van der Waals surface area contributed by atoms with Crippen molar-refractivity contribution >= 4 is 11.0 Å². The quantitative estimate of drug-likeness (QED) is 0.784. The van der Waals surface area contributed by atoms with Gasteiger partial charge in [0, 0.05) is 29.7 Å². The summed E-state index contributed by atoms with van der Waals surface area (Å²) in [5.74, 6) is 1.11.